The van der Waals surface area contributed by atoms with Gasteiger partial charge in [0, 0.05) is 68.1 Å². The molecule has 3 aromatic heterocycles. The standard InChI is InChI=1S/C27H25F3N6O2/c28-21-10-20-25-27(24(21)30)38-9-8-35(25)14-18(26(20)37)15-36(13-17-3-4-31-11-22(17)29)19-2-1-7-34(16-19)23-12-32-5-6-33-23/h3-6,10-12,14,19H,1-2,7-9,13,15-16H2/t19-/m0/s1. The number of anilines is 1. The summed E-state index contributed by atoms with van der Waals surface area (Å²) in [5.74, 6) is -2.13. The molecule has 0 amide bonds. The fourth-order valence-electron chi connectivity index (χ4n) is 5.40. The smallest absolute Gasteiger partial charge is 0.202 e. The molecule has 0 N–H and O–H groups in total. The number of aromatic nitrogens is 4. The Morgan fingerprint density at radius 3 is 2.68 bits per heavy atom. The van der Waals surface area contributed by atoms with Crippen molar-refractivity contribution in [3.05, 3.63) is 88.1 Å². The topological polar surface area (TPSA) is 76.4 Å². The molecule has 2 aliphatic rings. The van der Waals surface area contributed by atoms with E-state index in [0.717, 1.165) is 31.3 Å². The lowest BCUT2D eigenvalue weighted by Gasteiger charge is -2.40. The van der Waals surface area contributed by atoms with Crippen LogP contribution >= 0.6 is 0 Å². The van der Waals surface area contributed by atoms with Gasteiger partial charge in [0.25, 0.3) is 0 Å². The summed E-state index contributed by atoms with van der Waals surface area (Å²) in [6, 6.07) is 2.54. The summed E-state index contributed by atoms with van der Waals surface area (Å²) < 4.78 is 50.6. The molecule has 8 nitrogen and oxygen atoms in total. The largest absolute Gasteiger partial charge is 0.486 e. The Balaban J connectivity index is 1.39. The van der Waals surface area contributed by atoms with Crippen molar-refractivity contribution in [3.8, 4) is 5.75 Å². The zero-order valence-corrected chi connectivity index (χ0v) is 20.5. The summed E-state index contributed by atoms with van der Waals surface area (Å²) in [7, 11) is 0. The molecule has 5 heterocycles. The molecule has 0 unspecified atom stereocenters. The van der Waals surface area contributed by atoms with E-state index in [2.05, 4.69) is 24.8 Å². The van der Waals surface area contributed by atoms with Crippen LogP contribution in [-0.4, -0.2) is 50.2 Å². The van der Waals surface area contributed by atoms with E-state index in [4.69, 9.17) is 4.74 Å². The van der Waals surface area contributed by atoms with Crippen molar-refractivity contribution in [2.24, 2.45) is 0 Å². The first-order chi connectivity index (χ1) is 18.5. The molecule has 2 aliphatic heterocycles. The van der Waals surface area contributed by atoms with Crippen molar-refractivity contribution in [2.75, 3.05) is 24.6 Å². The Morgan fingerprint density at radius 1 is 1.03 bits per heavy atom. The molecule has 1 fully saturated rings. The van der Waals surface area contributed by atoms with E-state index in [1.54, 1.807) is 35.4 Å². The third-order valence-electron chi connectivity index (χ3n) is 7.25. The van der Waals surface area contributed by atoms with Crippen LogP contribution in [0.2, 0.25) is 0 Å². The van der Waals surface area contributed by atoms with Gasteiger partial charge in [0.05, 0.1) is 29.8 Å². The van der Waals surface area contributed by atoms with Crippen LogP contribution in [0, 0.1) is 17.5 Å². The number of halogens is 3. The minimum Gasteiger partial charge on any atom is -0.486 e. The van der Waals surface area contributed by atoms with Crippen molar-refractivity contribution in [3.63, 3.8) is 0 Å². The molecule has 196 valence electrons. The van der Waals surface area contributed by atoms with Gasteiger partial charge in [0.1, 0.15) is 18.2 Å². The van der Waals surface area contributed by atoms with Crippen LogP contribution in [0.4, 0.5) is 19.0 Å². The predicted molar refractivity (Wildman–Crippen MR) is 134 cm³/mol. The lowest BCUT2D eigenvalue weighted by atomic mass is 10.0. The lowest BCUT2D eigenvalue weighted by Crippen LogP contribution is -2.48. The van der Waals surface area contributed by atoms with Gasteiger partial charge in [0.15, 0.2) is 17.0 Å². The molecule has 38 heavy (non-hydrogen) atoms. The molecule has 0 bridgehead atoms. The van der Waals surface area contributed by atoms with E-state index in [-0.39, 0.29) is 42.4 Å². The van der Waals surface area contributed by atoms with E-state index >= 15 is 0 Å². The Labute approximate surface area is 216 Å². The third kappa shape index (κ3) is 4.47. The van der Waals surface area contributed by atoms with E-state index in [9.17, 15) is 18.0 Å². The lowest BCUT2D eigenvalue weighted by molar-refractivity contribution is 0.155. The second-order valence-electron chi connectivity index (χ2n) is 9.60. The molecule has 0 aliphatic carbocycles. The molecule has 1 saturated heterocycles. The Morgan fingerprint density at radius 2 is 1.87 bits per heavy atom. The van der Waals surface area contributed by atoms with Crippen LogP contribution in [0.5, 0.6) is 5.75 Å². The van der Waals surface area contributed by atoms with Crippen molar-refractivity contribution < 1.29 is 17.9 Å². The highest BCUT2D eigenvalue weighted by atomic mass is 19.2. The van der Waals surface area contributed by atoms with Gasteiger partial charge in [-0.2, -0.15) is 4.39 Å². The first kappa shape index (κ1) is 24.4. The summed E-state index contributed by atoms with van der Waals surface area (Å²) >= 11 is 0. The van der Waals surface area contributed by atoms with Crippen molar-refractivity contribution in [1.82, 2.24) is 24.4 Å². The Kier molecular flexibility index (Phi) is 6.44. The van der Waals surface area contributed by atoms with Crippen LogP contribution in [0.1, 0.15) is 24.0 Å². The van der Waals surface area contributed by atoms with Gasteiger partial charge in [-0.3, -0.25) is 19.7 Å². The Bertz CT molecular complexity index is 1550. The quantitative estimate of drug-likeness (QED) is 0.383. The highest BCUT2D eigenvalue weighted by molar-refractivity contribution is 5.86. The first-order valence-corrected chi connectivity index (χ1v) is 12.5. The minimum absolute atomic E-state index is 0.0291. The van der Waals surface area contributed by atoms with Crippen molar-refractivity contribution >= 4 is 16.7 Å². The van der Waals surface area contributed by atoms with Crippen LogP contribution < -0.4 is 15.1 Å². The molecule has 0 spiro atoms. The van der Waals surface area contributed by atoms with Gasteiger partial charge in [-0.05, 0) is 25.0 Å². The molecule has 1 atom stereocenters. The number of rotatable bonds is 6. The summed E-state index contributed by atoms with van der Waals surface area (Å²) in [6.07, 6.45) is 11.1. The summed E-state index contributed by atoms with van der Waals surface area (Å²) in [5.41, 5.74) is 0.732. The van der Waals surface area contributed by atoms with Crippen molar-refractivity contribution in [2.45, 2.75) is 38.5 Å². The first-order valence-electron chi connectivity index (χ1n) is 12.5. The number of piperidine rings is 1. The number of hydrogen-bond acceptors (Lipinski definition) is 7. The molecule has 0 radical (unpaired) electrons. The summed E-state index contributed by atoms with van der Waals surface area (Å²) in [6.45, 7) is 2.42. The average molecular weight is 523 g/mol. The van der Waals surface area contributed by atoms with Crippen LogP contribution in [0.15, 0.2) is 54.1 Å². The van der Waals surface area contributed by atoms with Gasteiger partial charge >= 0.3 is 0 Å². The summed E-state index contributed by atoms with van der Waals surface area (Å²) in [5, 5.41) is 0.0657. The predicted octanol–water partition coefficient (Wildman–Crippen LogP) is 3.67. The van der Waals surface area contributed by atoms with Gasteiger partial charge in [0.2, 0.25) is 5.82 Å². The van der Waals surface area contributed by atoms with Crippen molar-refractivity contribution in [1.29, 1.82) is 0 Å². The molecule has 4 aromatic rings. The van der Waals surface area contributed by atoms with Gasteiger partial charge in [-0.15, -0.1) is 0 Å². The fourth-order valence-corrected chi connectivity index (χ4v) is 5.40. The molecular weight excluding hydrogens is 497 g/mol. The zero-order valence-electron chi connectivity index (χ0n) is 20.5. The normalized spacial score (nSPS) is 17.2. The molecule has 11 heteroatoms. The monoisotopic (exact) mass is 522 g/mol. The molecular formula is C27H25F3N6O2. The zero-order chi connectivity index (χ0) is 26.2. The van der Waals surface area contributed by atoms with Gasteiger partial charge in [-0.1, -0.05) is 0 Å². The number of nitrogens with zero attached hydrogens (tertiary/aromatic N) is 6. The number of ether oxygens (including phenoxy) is 1. The Hall–Kier alpha value is -3.99. The van der Waals surface area contributed by atoms with Gasteiger partial charge in [-0.25, -0.2) is 13.8 Å². The second-order valence-corrected chi connectivity index (χ2v) is 9.60. The van der Waals surface area contributed by atoms with E-state index < -0.39 is 22.9 Å². The van der Waals surface area contributed by atoms with E-state index in [1.807, 2.05) is 0 Å². The maximum Gasteiger partial charge on any atom is 0.202 e. The third-order valence-corrected chi connectivity index (χ3v) is 7.25. The van der Waals surface area contributed by atoms with Gasteiger partial charge < -0.3 is 14.2 Å². The minimum atomic E-state index is -1.13. The highest BCUT2D eigenvalue weighted by Gasteiger charge is 2.29. The highest BCUT2D eigenvalue weighted by Crippen LogP contribution is 2.33. The molecule has 0 saturated carbocycles. The maximum atomic E-state index is 14.7. The van der Waals surface area contributed by atoms with Crippen LogP contribution in [-0.2, 0) is 19.6 Å². The number of hydrogen-bond donors (Lipinski definition) is 0. The van der Waals surface area contributed by atoms with E-state index in [1.165, 1.54) is 12.4 Å². The van der Waals surface area contributed by atoms with Crippen LogP contribution in [0.25, 0.3) is 10.9 Å². The SMILES string of the molecule is O=c1c(CN(Cc2ccncc2F)[C@H]2CCCN(c3cnccn3)C2)cn2c3c(c(F)c(F)cc13)OCC2. The number of pyridine rings is 2. The average Bonchev–Trinajstić information content (AvgIpc) is 2.95. The second kappa shape index (κ2) is 10.1. The van der Waals surface area contributed by atoms with Crippen LogP contribution in [0.3, 0.4) is 0 Å². The maximum absolute atomic E-state index is 14.7. The fraction of sp³-hybridized carbons (Fsp3) is 0.333. The molecule has 1 aromatic carbocycles. The number of benzene rings is 1. The van der Waals surface area contributed by atoms with E-state index in [0.29, 0.717) is 24.2 Å². The summed E-state index contributed by atoms with van der Waals surface area (Å²) in [4.78, 5) is 30.2. The molecule has 6 rings (SSSR count).